The summed E-state index contributed by atoms with van der Waals surface area (Å²) >= 11 is 0. The molecule has 0 bridgehead atoms. The van der Waals surface area contributed by atoms with Crippen LogP contribution >= 0.6 is 0 Å². The summed E-state index contributed by atoms with van der Waals surface area (Å²) in [5.41, 5.74) is 0.121. The van der Waals surface area contributed by atoms with Crippen LogP contribution < -0.4 is 10.6 Å². The van der Waals surface area contributed by atoms with Crippen molar-refractivity contribution in [1.82, 2.24) is 20.6 Å². The Morgan fingerprint density at radius 3 is 3.05 bits per heavy atom. The van der Waals surface area contributed by atoms with Crippen LogP contribution in [0.2, 0.25) is 0 Å². The molecule has 1 aliphatic heterocycles. The molecule has 2 N–H and O–H groups in total. The summed E-state index contributed by atoms with van der Waals surface area (Å²) in [5, 5.41) is 5.95. The fourth-order valence-electron chi connectivity index (χ4n) is 3.48. The van der Waals surface area contributed by atoms with Crippen LogP contribution in [-0.2, 0) is 4.79 Å². The highest BCUT2D eigenvalue weighted by Crippen LogP contribution is 2.41. The van der Waals surface area contributed by atoms with Crippen molar-refractivity contribution in [3.05, 3.63) is 23.8 Å². The van der Waals surface area contributed by atoms with Gasteiger partial charge in [0.2, 0.25) is 5.91 Å². The van der Waals surface area contributed by atoms with Gasteiger partial charge >= 0.3 is 0 Å². The number of aromatic nitrogens is 2. The standard InChI is InChI=1S/C15H20N4O2/c1-10-16-7-4-12(18-10)13(20)19-11-3-2-5-15(9-11)6-8-17-14(15)21/h4,7,11H,2-3,5-6,8-9H2,1H3,(H,17,21)(H,19,20)/t11-,15-/m0/s1. The van der Waals surface area contributed by atoms with Gasteiger partial charge in [-0.1, -0.05) is 6.42 Å². The fourth-order valence-corrected chi connectivity index (χ4v) is 3.48. The Morgan fingerprint density at radius 2 is 2.33 bits per heavy atom. The Morgan fingerprint density at radius 1 is 1.48 bits per heavy atom. The topological polar surface area (TPSA) is 84.0 Å². The van der Waals surface area contributed by atoms with Crippen LogP contribution in [0.3, 0.4) is 0 Å². The molecule has 21 heavy (non-hydrogen) atoms. The van der Waals surface area contributed by atoms with Crippen LogP contribution in [0, 0.1) is 12.3 Å². The van der Waals surface area contributed by atoms with Crippen molar-refractivity contribution in [2.75, 3.05) is 6.54 Å². The molecule has 2 atom stereocenters. The van der Waals surface area contributed by atoms with E-state index < -0.39 is 0 Å². The molecule has 2 amide bonds. The van der Waals surface area contributed by atoms with Crippen molar-refractivity contribution in [3.63, 3.8) is 0 Å². The van der Waals surface area contributed by atoms with Gasteiger partial charge in [0.05, 0.1) is 5.41 Å². The quantitative estimate of drug-likeness (QED) is 0.849. The van der Waals surface area contributed by atoms with E-state index in [0.29, 0.717) is 11.5 Å². The minimum Gasteiger partial charge on any atom is -0.356 e. The van der Waals surface area contributed by atoms with Gasteiger partial charge in [0.25, 0.3) is 5.91 Å². The average molecular weight is 288 g/mol. The molecular formula is C15H20N4O2. The van der Waals surface area contributed by atoms with Crippen molar-refractivity contribution >= 4 is 11.8 Å². The summed E-state index contributed by atoms with van der Waals surface area (Å²) in [5.74, 6) is 0.554. The second-order valence-corrected chi connectivity index (χ2v) is 6.04. The molecule has 1 aromatic rings. The Balaban J connectivity index is 1.67. The number of amides is 2. The van der Waals surface area contributed by atoms with Crippen molar-refractivity contribution in [1.29, 1.82) is 0 Å². The lowest BCUT2D eigenvalue weighted by molar-refractivity contribution is -0.129. The Labute approximate surface area is 123 Å². The van der Waals surface area contributed by atoms with Crippen molar-refractivity contribution in [2.24, 2.45) is 5.41 Å². The van der Waals surface area contributed by atoms with E-state index in [-0.39, 0.29) is 23.3 Å². The maximum atomic E-state index is 12.2. The molecule has 6 nitrogen and oxygen atoms in total. The van der Waals surface area contributed by atoms with Crippen LogP contribution in [0.1, 0.15) is 48.4 Å². The smallest absolute Gasteiger partial charge is 0.270 e. The van der Waals surface area contributed by atoms with Crippen LogP contribution in [0.15, 0.2) is 12.3 Å². The van der Waals surface area contributed by atoms with Gasteiger partial charge in [0.1, 0.15) is 11.5 Å². The molecule has 1 saturated heterocycles. The highest BCUT2D eigenvalue weighted by atomic mass is 16.2. The minimum absolute atomic E-state index is 0.0466. The summed E-state index contributed by atoms with van der Waals surface area (Å²) in [4.78, 5) is 32.4. The first-order valence-corrected chi connectivity index (χ1v) is 7.48. The molecule has 0 radical (unpaired) electrons. The van der Waals surface area contributed by atoms with E-state index in [1.165, 1.54) is 0 Å². The predicted molar refractivity (Wildman–Crippen MR) is 76.6 cm³/mol. The average Bonchev–Trinajstić information content (AvgIpc) is 2.80. The molecule has 2 aliphatic rings. The molecule has 2 fully saturated rings. The number of nitrogens with one attached hydrogen (secondary N) is 2. The van der Waals surface area contributed by atoms with Gasteiger partial charge < -0.3 is 10.6 Å². The molecular weight excluding hydrogens is 268 g/mol. The molecule has 2 heterocycles. The third kappa shape index (κ3) is 2.75. The van der Waals surface area contributed by atoms with E-state index in [1.807, 2.05) is 0 Å². The number of nitrogens with zero attached hydrogens (tertiary/aromatic N) is 2. The van der Waals surface area contributed by atoms with Gasteiger partial charge in [-0.05, 0) is 38.7 Å². The Hall–Kier alpha value is -1.98. The lowest BCUT2D eigenvalue weighted by Crippen LogP contribution is -2.45. The van der Waals surface area contributed by atoms with Gasteiger partial charge in [-0.15, -0.1) is 0 Å². The van der Waals surface area contributed by atoms with Crippen LogP contribution in [-0.4, -0.2) is 34.4 Å². The second-order valence-electron chi connectivity index (χ2n) is 6.04. The summed E-state index contributed by atoms with van der Waals surface area (Å²) < 4.78 is 0. The van der Waals surface area contributed by atoms with E-state index in [0.717, 1.165) is 38.6 Å². The van der Waals surface area contributed by atoms with Crippen LogP contribution in [0.25, 0.3) is 0 Å². The Bertz CT molecular complexity index is 575. The first-order valence-electron chi connectivity index (χ1n) is 7.48. The van der Waals surface area contributed by atoms with Gasteiger partial charge in [-0.25, -0.2) is 9.97 Å². The van der Waals surface area contributed by atoms with Crippen molar-refractivity contribution in [2.45, 2.75) is 45.1 Å². The summed E-state index contributed by atoms with van der Waals surface area (Å²) in [7, 11) is 0. The molecule has 0 unspecified atom stereocenters. The maximum absolute atomic E-state index is 12.2. The highest BCUT2D eigenvalue weighted by molar-refractivity contribution is 5.92. The third-order valence-electron chi connectivity index (χ3n) is 4.56. The fraction of sp³-hybridized carbons (Fsp3) is 0.600. The monoisotopic (exact) mass is 288 g/mol. The SMILES string of the molecule is Cc1nccc(C(=O)N[C@H]2CCC[C@]3(CCNC3=O)C2)n1. The maximum Gasteiger partial charge on any atom is 0.270 e. The number of carbonyl (C=O) groups excluding carboxylic acids is 2. The van der Waals surface area contributed by atoms with E-state index in [1.54, 1.807) is 19.2 Å². The summed E-state index contributed by atoms with van der Waals surface area (Å²) in [6.07, 6.45) is 6.02. The molecule has 1 aromatic heterocycles. The molecule has 1 spiro atoms. The van der Waals surface area contributed by atoms with Crippen molar-refractivity contribution < 1.29 is 9.59 Å². The number of rotatable bonds is 2. The molecule has 3 rings (SSSR count). The van der Waals surface area contributed by atoms with Crippen LogP contribution in [0.5, 0.6) is 0 Å². The lowest BCUT2D eigenvalue weighted by atomic mass is 9.71. The molecule has 0 aromatic carbocycles. The van der Waals surface area contributed by atoms with Gasteiger partial charge in [0.15, 0.2) is 0 Å². The van der Waals surface area contributed by atoms with Gasteiger partial charge in [0, 0.05) is 18.8 Å². The first-order chi connectivity index (χ1) is 10.1. The van der Waals surface area contributed by atoms with Gasteiger partial charge in [-0.2, -0.15) is 0 Å². The number of hydrogen-bond acceptors (Lipinski definition) is 4. The van der Waals surface area contributed by atoms with E-state index in [4.69, 9.17) is 0 Å². The summed E-state index contributed by atoms with van der Waals surface area (Å²) in [6.45, 7) is 2.51. The minimum atomic E-state index is -0.266. The van der Waals surface area contributed by atoms with E-state index in [9.17, 15) is 9.59 Å². The molecule has 1 saturated carbocycles. The number of aryl methyl sites for hydroxylation is 1. The Kier molecular flexibility index (Phi) is 3.61. The summed E-state index contributed by atoms with van der Waals surface area (Å²) in [6, 6.07) is 1.66. The normalized spacial score (nSPS) is 28.4. The van der Waals surface area contributed by atoms with Crippen molar-refractivity contribution in [3.8, 4) is 0 Å². The second kappa shape index (κ2) is 5.42. The van der Waals surface area contributed by atoms with E-state index >= 15 is 0 Å². The van der Waals surface area contributed by atoms with E-state index in [2.05, 4.69) is 20.6 Å². The largest absolute Gasteiger partial charge is 0.356 e. The number of carbonyl (C=O) groups is 2. The lowest BCUT2D eigenvalue weighted by Gasteiger charge is -2.36. The molecule has 1 aliphatic carbocycles. The highest BCUT2D eigenvalue weighted by Gasteiger charge is 2.45. The van der Waals surface area contributed by atoms with Crippen LogP contribution in [0.4, 0.5) is 0 Å². The first kappa shape index (κ1) is 14.0. The zero-order chi connectivity index (χ0) is 14.9. The number of hydrogen-bond donors (Lipinski definition) is 2. The molecule has 112 valence electrons. The zero-order valence-electron chi connectivity index (χ0n) is 12.2. The third-order valence-corrected chi connectivity index (χ3v) is 4.56. The van der Waals surface area contributed by atoms with Gasteiger partial charge in [-0.3, -0.25) is 9.59 Å². The molecule has 6 heteroatoms. The zero-order valence-corrected chi connectivity index (χ0v) is 12.2. The predicted octanol–water partition coefficient (Wildman–Crippen LogP) is 0.964.